The summed E-state index contributed by atoms with van der Waals surface area (Å²) in [6.45, 7) is 2.38. The van der Waals surface area contributed by atoms with Crippen molar-refractivity contribution < 1.29 is 0 Å². The molecule has 1 heterocycles. The molecule has 3 atom stereocenters. The fourth-order valence-electron chi connectivity index (χ4n) is 2.98. The molecule has 1 nitrogen and oxygen atoms in total. The second-order valence-corrected chi connectivity index (χ2v) is 5.03. The van der Waals surface area contributed by atoms with Crippen LogP contribution in [0.3, 0.4) is 0 Å². The van der Waals surface area contributed by atoms with Crippen LogP contribution in [-0.2, 0) is 0 Å². The zero-order valence-corrected chi connectivity index (χ0v) is 8.94. The molecule has 1 saturated carbocycles. The Bertz CT molecular complexity index is 160. The second kappa shape index (κ2) is 3.59. The number of hydrogen-bond donors (Lipinski definition) is 0. The van der Waals surface area contributed by atoms with E-state index in [0.717, 1.165) is 18.0 Å². The predicted octanol–water partition coefficient (Wildman–Crippen LogP) is 2.92. The summed E-state index contributed by atoms with van der Waals surface area (Å²) in [5.41, 5.74) is 0. The van der Waals surface area contributed by atoms with Crippen molar-refractivity contribution in [3.05, 3.63) is 0 Å². The molecule has 2 heteroatoms. The first-order chi connectivity index (χ1) is 5.83. The van der Waals surface area contributed by atoms with Crippen LogP contribution in [0, 0.1) is 5.92 Å². The van der Waals surface area contributed by atoms with E-state index < -0.39 is 0 Å². The van der Waals surface area contributed by atoms with Gasteiger partial charge in [0.25, 0.3) is 0 Å². The SMILES string of the molecule is CSN1[C@H](C)C[C@@H]2CCCC[C@@H]21. The fraction of sp³-hybridized carbons (Fsp3) is 1.00. The summed E-state index contributed by atoms with van der Waals surface area (Å²) in [6, 6.07) is 1.75. The van der Waals surface area contributed by atoms with Gasteiger partial charge in [-0.3, -0.25) is 0 Å². The van der Waals surface area contributed by atoms with E-state index in [-0.39, 0.29) is 0 Å². The molecule has 2 fully saturated rings. The largest absolute Gasteiger partial charge is 0.245 e. The van der Waals surface area contributed by atoms with E-state index in [0.29, 0.717) is 0 Å². The molecule has 0 unspecified atom stereocenters. The maximum atomic E-state index is 2.64. The zero-order valence-electron chi connectivity index (χ0n) is 8.12. The Morgan fingerprint density at radius 1 is 1.25 bits per heavy atom. The molecule has 0 spiro atoms. The van der Waals surface area contributed by atoms with Crippen LogP contribution in [0.2, 0.25) is 0 Å². The smallest absolute Gasteiger partial charge is 0.0234 e. The van der Waals surface area contributed by atoms with Crippen molar-refractivity contribution >= 4 is 11.9 Å². The Kier molecular flexibility index (Phi) is 2.66. The molecule has 2 rings (SSSR count). The topological polar surface area (TPSA) is 3.24 Å². The highest BCUT2D eigenvalue weighted by atomic mass is 32.2. The fourth-order valence-corrected chi connectivity index (χ4v) is 3.98. The van der Waals surface area contributed by atoms with Gasteiger partial charge in [0.05, 0.1) is 0 Å². The zero-order chi connectivity index (χ0) is 8.55. The quantitative estimate of drug-likeness (QED) is 0.578. The molecule has 1 saturated heterocycles. The highest BCUT2D eigenvalue weighted by Crippen LogP contribution is 2.42. The van der Waals surface area contributed by atoms with Gasteiger partial charge in [-0.15, -0.1) is 0 Å². The first-order valence-electron chi connectivity index (χ1n) is 5.15. The van der Waals surface area contributed by atoms with Crippen molar-refractivity contribution in [2.24, 2.45) is 5.92 Å². The Labute approximate surface area is 80.0 Å². The van der Waals surface area contributed by atoms with E-state index in [1.54, 1.807) is 0 Å². The minimum atomic E-state index is 0.827. The summed E-state index contributed by atoms with van der Waals surface area (Å²) >= 11 is 1.96. The molecular weight excluding hydrogens is 166 g/mol. The number of hydrogen-bond acceptors (Lipinski definition) is 2. The lowest BCUT2D eigenvalue weighted by Gasteiger charge is -2.31. The van der Waals surface area contributed by atoms with Gasteiger partial charge in [-0.1, -0.05) is 24.8 Å². The molecule has 0 aromatic heterocycles. The normalized spacial score (nSPS) is 43.0. The standard InChI is InChI=1S/C10H19NS/c1-8-7-9-5-3-4-6-10(9)11(8)12-2/h8-10H,3-7H2,1-2H3/t8-,9+,10+/m1/s1. The Balaban J connectivity index is 2.05. The van der Waals surface area contributed by atoms with E-state index in [2.05, 4.69) is 17.5 Å². The summed E-state index contributed by atoms with van der Waals surface area (Å²) < 4.78 is 2.64. The van der Waals surface area contributed by atoms with Crippen molar-refractivity contribution in [3.8, 4) is 0 Å². The van der Waals surface area contributed by atoms with Crippen molar-refractivity contribution in [1.82, 2.24) is 4.31 Å². The van der Waals surface area contributed by atoms with Crippen molar-refractivity contribution in [2.45, 2.75) is 51.1 Å². The first kappa shape index (κ1) is 8.89. The molecule has 0 aromatic carbocycles. The van der Waals surface area contributed by atoms with Gasteiger partial charge in [-0.05, 0) is 38.4 Å². The first-order valence-corrected chi connectivity index (χ1v) is 6.33. The molecule has 1 aliphatic carbocycles. The Hall–Kier alpha value is 0.310. The molecule has 0 radical (unpaired) electrons. The molecule has 0 bridgehead atoms. The van der Waals surface area contributed by atoms with Crippen molar-refractivity contribution in [2.75, 3.05) is 6.26 Å². The van der Waals surface area contributed by atoms with Gasteiger partial charge in [-0.25, -0.2) is 4.31 Å². The van der Waals surface area contributed by atoms with Gasteiger partial charge < -0.3 is 0 Å². The summed E-state index contributed by atoms with van der Waals surface area (Å²) in [4.78, 5) is 0. The minimum absolute atomic E-state index is 0.827. The highest BCUT2D eigenvalue weighted by Gasteiger charge is 2.39. The monoisotopic (exact) mass is 185 g/mol. The van der Waals surface area contributed by atoms with E-state index in [1.807, 2.05) is 11.9 Å². The van der Waals surface area contributed by atoms with Gasteiger partial charge >= 0.3 is 0 Å². The predicted molar refractivity (Wildman–Crippen MR) is 55.2 cm³/mol. The summed E-state index contributed by atoms with van der Waals surface area (Å²) in [7, 11) is 0. The Morgan fingerprint density at radius 3 is 2.75 bits per heavy atom. The molecule has 0 amide bonds. The van der Waals surface area contributed by atoms with Gasteiger partial charge in [0.15, 0.2) is 0 Å². The summed E-state index contributed by atoms with van der Waals surface area (Å²) in [5, 5.41) is 0. The van der Waals surface area contributed by atoms with Crippen LogP contribution in [0.1, 0.15) is 39.0 Å². The molecule has 12 heavy (non-hydrogen) atoms. The number of fused-ring (bicyclic) bond motifs is 1. The number of nitrogens with zero attached hydrogens (tertiary/aromatic N) is 1. The summed E-state index contributed by atoms with van der Waals surface area (Å²) in [5.74, 6) is 1.03. The lowest BCUT2D eigenvalue weighted by Crippen LogP contribution is -2.32. The van der Waals surface area contributed by atoms with Crippen LogP contribution >= 0.6 is 11.9 Å². The lowest BCUT2D eigenvalue weighted by atomic mass is 9.85. The average Bonchev–Trinajstić information content (AvgIpc) is 2.40. The van der Waals surface area contributed by atoms with Crippen molar-refractivity contribution in [3.63, 3.8) is 0 Å². The van der Waals surface area contributed by atoms with Crippen molar-refractivity contribution in [1.29, 1.82) is 0 Å². The Morgan fingerprint density at radius 2 is 2.00 bits per heavy atom. The maximum Gasteiger partial charge on any atom is 0.0234 e. The van der Waals surface area contributed by atoms with E-state index >= 15 is 0 Å². The summed E-state index contributed by atoms with van der Waals surface area (Å²) in [6.07, 6.45) is 9.57. The minimum Gasteiger partial charge on any atom is -0.245 e. The van der Waals surface area contributed by atoms with Crippen LogP contribution in [0.15, 0.2) is 0 Å². The molecule has 1 aliphatic heterocycles. The van der Waals surface area contributed by atoms with Gasteiger partial charge in [-0.2, -0.15) is 0 Å². The van der Waals surface area contributed by atoms with Gasteiger partial charge in [0.2, 0.25) is 0 Å². The van der Waals surface area contributed by atoms with Crippen LogP contribution < -0.4 is 0 Å². The van der Waals surface area contributed by atoms with Crippen LogP contribution in [0.4, 0.5) is 0 Å². The third-order valence-corrected chi connectivity index (χ3v) is 4.54. The van der Waals surface area contributed by atoms with Gasteiger partial charge in [0.1, 0.15) is 0 Å². The highest BCUT2D eigenvalue weighted by molar-refractivity contribution is 7.96. The van der Waals surface area contributed by atoms with Crippen LogP contribution in [0.25, 0.3) is 0 Å². The third-order valence-electron chi connectivity index (χ3n) is 3.48. The molecule has 70 valence electrons. The molecule has 0 aromatic rings. The third kappa shape index (κ3) is 1.39. The molecular formula is C10H19NS. The van der Waals surface area contributed by atoms with Crippen LogP contribution in [-0.4, -0.2) is 22.6 Å². The van der Waals surface area contributed by atoms with Crippen LogP contribution in [0.5, 0.6) is 0 Å². The van der Waals surface area contributed by atoms with Gasteiger partial charge in [0, 0.05) is 12.1 Å². The second-order valence-electron chi connectivity index (χ2n) is 4.24. The molecule has 2 aliphatic rings. The molecule has 0 N–H and O–H groups in total. The number of rotatable bonds is 1. The van der Waals surface area contributed by atoms with E-state index in [9.17, 15) is 0 Å². The average molecular weight is 185 g/mol. The lowest BCUT2D eigenvalue weighted by molar-refractivity contribution is 0.264. The van der Waals surface area contributed by atoms with E-state index in [1.165, 1.54) is 32.1 Å². The van der Waals surface area contributed by atoms with E-state index in [4.69, 9.17) is 0 Å². The maximum absolute atomic E-state index is 2.64.